The average Bonchev–Trinajstić information content (AvgIpc) is 2.75. The molecule has 0 radical (unpaired) electrons. The fourth-order valence-electron chi connectivity index (χ4n) is 1.36. The Hall–Kier alpha value is -1.76. The molecule has 0 aliphatic rings. The summed E-state index contributed by atoms with van der Waals surface area (Å²) < 4.78 is 36.0. The van der Waals surface area contributed by atoms with Crippen molar-refractivity contribution < 1.29 is 17.9 Å². The van der Waals surface area contributed by atoms with Gasteiger partial charge in [-0.1, -0.05) is 6.07 Å². The molecule has 1 unspecified atom stereocenters. The van der Waals surface area contributed by atoms with Crippen molar-refractivity contribution in [2.24, 2.45) is 0 Å². The third kappa shape index (κ3) is 4.44. The van der Waals surface area contributed by atoms with E-state index in [0.29, 0.717) is 11.5 Å². The number of benzene rings is 1. The maximum Gasteiger partial charge on any atom is 0.416 e. The zero-order chi connectivity index (χ0) is 13.7. The van der Waals surface area contributed by atoms with Crippen LogP contribution in [0.4, 0.5) is 8.78 Å². The average molecular weight is 287 g/mol. The Bertz CT molecular complexity index is 584. The molecule has 0 bridgehead atoms. The lowest BCUT2D eigenvalue weighted by molar-refractivity contribution is 0.0902. The molecule has 102 valence electrons. The number of rotatable bonds is 6. The molecule has 0 fully saturated rings. The first-order valence-electron chi connectivity index (χ1n) is 5.45. The zero-order valence-corrected chi connectivity index (χ0v) is 10.6. The Morgan fingerprint density at radius 3 is 3.00 bits per heavy atom. The molecule has 0 amide bonds. The maximum atomic E-state index is 13.5. The van der Waals surface area contributed by atoms with Crippen LogP contribution in [0.2, 0.25) is 0 Å². The highest BCUT2D eigenvalue weighted by atomic mass is 32.2. The summed E-state index contributed by atoms with van der Waals surface area (Å²) >= 11 is 1.20. The van der Waals surface area contributed by atoms with Crippen molar-refractivity contribution in [3.05, 3.63) is 52.6 Å². The van der Waals surface area contributed by atoms with Gasteiger partial charge in [-0.2, -0.15) is 0 Å². The molecule has 0 spiro atoms. The molecule has 0 saturated heterocycles. The van der Waals surface area contributed by atoms with Crippen LogP contribution in [-0.2, 0) is 5.75 Å². The number of aromatic amines is 1. The normalized spacial score (nSPS) is 12.3. The van der Waals surface area contributed by atoms with E-state index in [-0.39, 0.29) is 11.5 Å². The predicted molar refractivity (Wildman–Crippen MR) is 67.4 cm³/mol. The summed E-state index contributed by atoms with van der Waals surface area (Å²) in [6.45, 7) is 0. The van der Waals surface area contributed by atoms with Crippen LogP contribution in [0.3, 0.4) is 0 Å². The van der Waals surface area contributed by atoms with Crippen molar-refractivity contribution in [3.8, 4) is 5.75 Å². The molecule has 2 rings (SSSR count). The second-order valence-corrected chi connectivity index (χ2v) is 4.68. The van der Waals surface area contributed by atoms with Crippen LogP contribution in [0.5, 0.6) is 5.75 Å². The van der Waals surface area contributed by atoms with Gasteiger partial charge in [-0.15, -0.1) is 11.8 Å². The van der Waals surface area contributed by atoms with E-state index in [1.54, 1.807) is 0 Å². The molecule has 19 heavy (non-hydrogen) atoms. The summed E-state index contributed by atoms with van der Waals surface area (Å²) in [6.07, 6.45) is -0.131. The lowest BCUT2D eigenvalue weighted by Gasteiger charge is -2.10. The topological polar surface area (TPSA) is 55.2 Å². The highest BCUT2D eigenvalue weighted by molar-refractivity contribution is 7.98. The Labute approximate surface area is 111 Å². The van der Waals surface area contributed by atoms with Gasteiger partial charge in [0.15, 0.2) is 0 Å². The van der Waals surface area contributed by atoms with E-state index in [0.717, 1.165) is 6.07 Å². The zero-order valence-electron chi connectivity index (χ0n) is 9.77. The fraction of sp³-hybridized carbons (Fsp3) is 0.250. The second-order valence-electron chi connectivity index (χ2n) is 3.64. The Morgan fingerprint density at radius 1 is 1.47 bits per heavy atom. The molecule has 1 heterocycles. The number of alkyl halides is 1. The highest BCUT2D eigenvalue weighted by Crippen LogP contribution is 2.18. The standard InChI is InChI=1S/C12H11F2NO3S/c13-8-2-1-3-9(4-8)17-11(14)7-19-6-10-5-15-12(16)18-10/h1-5,11H,6-7H2,(H,15,16). The molecule has 7 heteroatoms. The van der Waals surface area contributed by atoms with Gasteiger partial charge in [0.25, 0.3) is 0 Å². The van der Waals surface area contributed by atoms with Crippen LogP contribution in [0.15, 0.2) is 39.7 Å². The van der Waals surface area contributed by atoms with Gasteiger partial charge in [0.1, 0.15) is 17.3 Å². The van der Waals surface area contributed by atoms with E-state index in [1.165, 1.54) is 36.2 Å². The van der Waals surface area contributed by atoms with E-state index >= 15 is 0 Å². The van der Waals surface area contributed by atoms with Crippen molar-refractivity contribution in [1.82, 2.24) is 4.98 Å². The van der Waals surface area contributed by atoms with Gasteiger partial charge in [-0.25, -0.2) is 13.6 Å². The number of oxazole rings is 1. The molecular formula is C12H11F2NO3S. The number of nitrogens with one attached hydrogen (secondary N) is 1. The molecule has 1 aromatic carbocycles. The van der Waals surface area contributed by atoms with Gasteiger partial charge in [-0.3, -0.25) is 4.98 Å². The number of H-pyrrole nitrogens is 1. The summed E-state index contributed by atoms with van der Waals surface area (Å²) in [5, 5.41) is 0. The Balaban J connectivity index is 1.75. The summed E-state index contributed by atoms with van der Waals surface area (Å²) in [4.78, 5) is 13.0. The first-order valence-corrected chi connectivity index (χ1v) is 6.60. The maximum absolute atomic E-state index is 13.5. The van der Waals surface area contributed by atoms with Gasteiger partial charge in [-0.05, 0) is 12.1 Å². The van der Waals surface area contributed by atoms with Crippen LogP contribution in [-0.4, -0.2) is 17.1 Å². The van der Waals surface area contributed by atoms with Crippen LogP contribution < -0.4 is 10.5 Å². The molecule has 1 N–H and O–H groups in total. The Morgan fingerprint density at radius 2 is 2.32 bits per heavy atom. The third-order valence-corrected chi connectivity index (χ3v) is 3.11. The first kappa shape index (κ1) is 13.7. The summed E-state index contributed by atoms with van der Waals surface area (Å²) in [5.41, 5.74) is 0. The summed E-state index contributed by atoms with van der Waals surface area (Å²) in [6, 6.07) is 5.29. The van der Waals surface area contributed by atoms with Gasteiger partial charge >= 0.3 is 5.76 Å². The van der Waals surface area contributed by atoms with E-state index < -0.39 is 17.9 Å². The number of aromatic nitrogens is 1. The van der Waals surface area contributed by atoms with Crippen molar-refractivity contribution in [2.45, 2.75) is 12.1 Å². The van der Waals surface area contributed by atoms with Crippen LogP contribution >= 0.6 is 11.8 Å². The van der Waals surface area contributed by atoms with Gasteiger partial charge in [0.05, 0.1) is 11.5 Å². The molecule has 0 aliphatic heterocycles. The fourth-order valence-corrected chi connectivity index (χ4v) is 2.08. The Kier molecular flexibility index (Phi) is 4.62. The minimum absolute atomic E-state index is 0.0470. The summed E-state index contributed by atoms with van der Waals surface area (Å²) in [7, 11) is 0. The molecule has 4 nitrogen and oxygen atoms in total. The molecule has 2 aromatic rings. The third-order valence-electron chi connectivity index (χ3n) is 2.13. The number of thioether (sulfide) groups is 1. The SMILES string of the molecule is O=c1[nH]cc(CSCC(F)Oc2cccc(F)c2)o1. The molecule has 1 atom stereocenters. The van der Waals surface area contributed by atoms with Gasteiger partial charge in [0.2, 0.25) is 6.36 Å². The number of hydrogen-bond acceptors (Lipinski definition) is 4. The van der Waals surface area contributed by atoms with E-state index in [2.05, 4.69) is 4.98 Å². The number of ether oxygens (including phenoxy) is 1. The van der Waals surface area contributed by atoms with Crippen LogP contribution in [0, 0.1) is 5.82 Å². The quantitative estimate of drug-likeness (QED) is 0.887. The minimum atomic E-state index is -1.56. The van der Waals surface area contributed by atoms with Crippen LogP contribution in [0.25, 0.3) is 0 Å². The summed E-state index contributed by atoms with van der Waals surface area (Å²) in [5.74, 6) is -0.0408. The first-order chi connectivity index (χ1) is 9.13. The van der Waals surface area contributed by atoms with E-state index in [4.69, 9.17) is 9.15 Å². The van der Waals surface area contributed by atoms with E-state index in [1.807, 2.05) is 0 Å². The van der Waals surface area contributed by atoms with Crippen molar-refractivity contribution in [2.75, 3.05) is 5.75 Å². The smallest absolute Gasteiger partial charge is 0.416 e. The molecule has 0 aliphatic carbocycles. The predicted octanol–water partition coefficient (Wildman–Crippen LogP) is 2.71. The molecule has 1 aromatic heterocycles. The van der Waals surface area contributed by atoms with Gasteiger partial charge < -0.3 is 9.15 Å². The van der Waals surface area contributed by atoms with Crippen molar-refractivity contribution in [1.29, 1.82) is 0 Å². The monoisotopic (exact) mass is 287 g/mol. The largest absolute Gasteiger partial charge is 0.459 e. The minimum Gasteiger partial charge on any atom is -0.459 e. The van der Waals surface area contributed by atoms with Crippen LogP contribution in [0.1, 0.15) is 5.76 Å². The molecule has 0 saturated carbocycles. The van der Waals surface area contributed by atoms with Crippen molar-refractivity contribution >= 4 is 11.8 Å². The van der Waals surface area contributed by atoms with Gasteiger partial charge in [0, 0.05) is 12.3 Å². The lowest BCUT2D eigenvalue weighted by Crippen LogP contribution is -2.13. The number of hydrogen-bond donors (Lipinski definition) is 1. The van der Waals surface area contributed by atoms with Crippen molar-refractivity contribution in [3.63, 3.8) is 0 Å². The number of halogens is 2. The van der Waals surface area contributed by atoms with E-state index in [9.17, 15) is 13.6 Å². The lowest BCUT2D eigenvalue weighted by atomic mass is 10.3. The molecular weight excluding hydrogens is 276 g/mol. The highest BCUT2D eigenvalue weighted by Gasteiger charge is 2.10. The second kappa shape index (κ2) is 6.42.